The number of nitrogens with zero attached hydrogens (tertiary/aromatic N) is 1. The number of hydrogen-bond donors (Lipinski definition) is 1. The number of hydrogen-bond acceptors (Lipinski definition) is 2. The van der Waals surface area contributed by atoms with Gasteiger partial charge in [-0.1, -0.05) is 30.7 Å². The zero-order chi connectivity index (χ0) is 14.4. The van der Waals surface area contributed by atoms with E-state index in [1.165, 1.54) is 5.56 Å². The smallest absolute Gasteiger partial charge is 0.236 e. The Labute approximate surface area is 126 Å². The van der Waals surface area contributed by atoms with Crippen LogP contribution in [0.1, 0.15) is 25.3 Å². The van der Waals surface area contributed by atoms with Crippen molar-refractivity contribution in [2.75, 3.05) is 26.2 Å². The first-order chi connectivity index (χ1) is 9.65. The molecule has 0 radical (unpaired) electrons. The third-order valence-electron chi connectivity index (χ3n) is 3.92. The van der Waals surface area contributed by atoms with Gasteiger partial charge < -0.3 is 10.2 Å². The second-order valence-electron chi connectivity index (χ2n) is 5.62. The van der Waals surface area contributed by atoms with Crippen LogP contribution < -0.4 is 5.32 Å². The molecule has 0 aliphatic carbocycles. The Hall–Kier alpha value is -1.06. The maximum atomic E-state index is 12.0. The van der Waals surface area contributed by atoms with Gasteiger partial charge in [-0.25, -0.2) is 0 Å². The molecule has 0 bridgehead atoms. The molecule has 1 N–H and O–H groups in total. The molecule has 0 aromatic heterocycles. The van der Waals surface area contributed by atoms with Crippen molar-refractivity contribution in [2.24, 2.45) is 5.92 Å². The molecule has 0 unspecified atom stereocenters. The van der Waals surface area contributed by atoms with E-state index >= 15 is 0 Å². The highest BCUT2D eigenvalue weighted by Crippen LogP contribution is 2.15. The Morgan fingerprint density at radius 3 is 2.60 bits per heavy atom. The maximum absolute atomic E-state index is 12.0. The molecule has 20 heavy (non-hydrogen) atoms. The lowest BCUT2D eigenvalue weighted by Crippen LogP contribution is -2.42. The summed E-state index contributed by atoms with van der Waals surface area (Å²) in [5.74, 6) is 0.991. The summed E-state index contributed by atoms with van der Waals surface area (Å²) in [4.78, 5) is 14.0. The molecule has 110 valence electrons. The van der Waals surface area contributed by atoms with E-state index in [1.54, 1.807) is 0 Å². The summed E-state index contributed by atoms with van der Waals surface area (Å²) in [6, 6.07) is 7.85. The number of rotatable bonds is 5. The van der Waals surface area contributed by atoms with Crippen LogP contribution in [0.3, 0.4) is 0 Å². The van der Waals surface area contributed by atoms with Crippen LogP contribution in [0.25, 0.3) is 0 Å². The van der Waals surface area contributed by atoms with E-state index < -0.39 is 0 Å². The van der Waals surface area contributed by atoms with Crippen LogP contribution in [-0.4, -0.2) is 37.0 Å². The van der Waals surface area contributed by atoms with Gasteiger partial charge in [-0.15, -0.1) is 0 Å². The first kappa shape index (κ1) is 15.3. The van der Waals surface area contributed by atoms with Crippen LogP contribution in [0, 0.1) is 5.92 Å². The Morgan fingerprint density at radius 1 is 1.30 bits per heavy atom. The van der Waals surface area contributed by atoms with Gasteiger partial charge >= 0.3 is 0 Å². The molecule has 0 atom stereocenters. The summed E-state index contributed by atoms with van der Waals surface area (Å²) in [5.41, 5.74) is 1.24. The van der Waals surface area contributed by atoms with Crippen LogP contribution in [0.4, 0.5) is 0 Å². The van der Waals surface area contributed by atoms with Crippen molar-refractivity contribution in [2.45, 2.75) is 26.2 Å². The number of likely N-dealkylation sites (tertiary alicyclic amines) is 1. The van der Waals surface area contributed by atoms with E-state index in [0.717, 1.165) is 49.8 Å². The summed E-state index contributed by atoms with van der Waals surface area (Å²) in [7, 11) is 0. The number of piperidine rings is 1. The molecule has 1 aliphatic rings. The molecule has 2 rings (SSSR count). The predicted molar refractivity (Wildman–Crippen MR) is 83.0 cm³/mol. The number of carbonyl (C=O) groups excluding carboxylic acids is 1. The molecule has 1 saturated heterocycles. The van der Waals surface area contributed by atoms with Gasteiger partial charge in [0.05, 0.1) is 6.54 Å². The van der Waals surface area contributed by atoms with Crippen molar-refractivity contribution < 1.29 is 4.79 Å². The molecule has 1 aliphatic heterocycles. The second kappa shape index (κ2) is 7.65. The molecule has 0 saturated carbocycles. The van der Waals surface area contributed by atoms with Crippen LogP contribution in [-0.2, 0) is 11.2 Å². The standard InChI is InChI=1S/C16H23ClN2O/c1-13-7-10-19(11-8-13)16(20)12-18-9-6-14-2-4-15(17)5-3-14/h2-5,13,18H,6-12H2,1H3. The molecule has 1 heterocycles. The van der Waals surface area contributed by atoms with Gasteiger partial charge in [-0.2, -0.15) is 0 Å². The van der Waals surface area contributed by atoms with E-state index in [2.05, 4.69) is 12.2 Å². The fourth-order valence-corrected chi connectivity index (χ4v) is 2.57. The highest BCUT2D eigenvalue weighted by molar-refractivity contribution is 6.30. The molecule has 1 amide bonds. The number of benzene rings is 1. The Balaban J connectivity index is 1.63. The highest BCUT2D eigenvalue weighted by Gasteiger charge is 2.19. The van der Waals surface area contributed by atoms with E-state index in [4.69, 9.17) is 11.6 Å². The fourth-order valence-electron chi connectivity index (χ4n) is 2.45. The number of halogens is 1. The Morgan fingerprint density at radius 2 is 1.95 bits per heavy atom. The van der Waals surface area contributed by atoms with Crippen LogP contribution in [0.5, 0.6) is 0 Å². The monoisotopic (exact) mass is 294 g/mol. The van der Waals surface area contributed by atoms with Gasteiger partial charge in [0.15, 0.2) is 0 Å². The van der Waals surface area contributed by atoms with Crippen LogP contribution >= 0.6 is 11.6 Å². The van der Waals surface area contributed by atoms with Gasteiger partial charge in [0.25, 0.3) is 0 Å². The van der Waals surface area contributed by atoms with Crippen molar-refractivity contribution in [1.29, 1.82) is 0 Å². The lowest BCUT2D eigenvalue weighted by atomic mass is 9.99. The van der Waals surface area contributed by atoms with E-state index in [0.29, 0.717) is 6.54 Å². The zero-order valence-corrected chi connectivity index (χ0v) is 12.8. The van der Waals surface area contributed by atoms with Gasteiger partial charge in [-0.3, -0.25) is 4.79 Å². The molecular formula is C16H23ClN2O. The van der Waals surface area contributed by atoms with Crippen molar-refractivity contribution >= 4 is 17.5 Å². The first-order valence-corrected chi connectivity index (χ1v) is 7.76. The largest absolute Gasteiger partial charge is 0.342 e. The normalized spacial score (nSPS) is 16.4. The first-order valence-electron chi connectivity index (χ1n) is 7.38. The quantitative estimate of drug-likeness (QED) is 0.847. The van der Waals surface area contributed by atoms with Crippen molar-refractivity contribution in [3.63, 3.8) is 0 Å². The van der Waals surface area contributed by atoms with Gasteiger partial charge in [-0.05, 0) is 49.4 Å². The second-order valence-corrected chi connectivity index (χ2v) is 6.05. The number of amides is 1. The van der Waals surface area contributed by atoms with Crippen LogP contribution in [0.2, 0.25) is 5.02 Å². The molecular weight excluding hydrogens is 272 g/mol. The van der Waals surface area contributed by atoms with Gasteiger partial charge in [0.2, 0.25) is 5.91 Å². The molecule has 1 fully saturated rings. The van der Waals surface area contributed by atoms with E-state index in [-0.39, 0.29) is 5.91 Å². The topological polar surface area (TPSA) is 32.3 Å². The molecule has 4 heteroatoms. The summed E-state index contributed by atoms with van der Waals surface area (Å²) in [6.45, 7) is 5.35. The zero-order valence-electron chi connectivity index (χ0n) is 12.1. The summed E-state index contributed by atoms with van der Waals surface area (Å²) < 4.78 is 0. The summed E-state index contributed by atoms with van der Waals surface area (Å²) in [5, 5.41) is 3.99. The lowest BCUT2D eigenvalue weighted by Gasteiger charge is -2.30. The minimum atomic E-state index is 0.230. The SMILES string of the molecule is CC1CCN(C(=O)CNCCc2ccc(Cl)cc2)CC1. The summed E-state index contributed by atoms with van der Waals surface area (Å²) >= 11 is 5.84. The minimum absolute atomic E-state index is 0.230. The van der Waals surface area contributed by atoms with Crippen molar-refractivity contribution in [1.82, 2.24) is 10.2 Å². The summed E-state index contributed by atoms with van der Waals surface area (Å²) in [6.07, 6.45) is 3.19. The fraction of sp³-hybridized carbons (Fsp3) is 0.562. The Bertz CT molecular complexity index is 425. The van der Waals surface area contributed by atoms with E-state index in [9.17, 15) is 4.79 Å². The van der Waals surface area contributed by atoms with Gasteiger partial charge in [0.1, 0.15) is 0 Å². The lowest BCUT2D eigenvalue weighted by molar-refractivity contribution is -0.131. The van der Waals surface area contributed by atoms with Crippen LogP contribution in [0.15, 0.2) is 24.3 Å². The molecule has 1 aromatic rings. The molecule has 3 nitrogen and oxygen atoms in total. The molecule has 1 aromatic carbocycles. The minimum Gasteiger partial charge on any atom is -0.342 e. The van der Waals surface area contributed by atoms with Crippen molar-refractivity contribution in [3.8, 4) is 0 Å². The average Bonchev–Trinajstić information content (AvgIpc) is 2.46. The third kappa shape index (κ3) is 4.80. The van der Waals surface area contributed by atoms with Gasteiger partial charge in [0, 0.05) is 18.1 Å². The van der Waals surface area contributed by atoms with E-state index in [1.807, 2.05) is 29.2 Å². The number of nitrogens with one attached hydrogen (secondary N) is 1. The third-order valence-corrected chi connectivity index (χ3v) is 4.17. The number of carbonyl (C=O) groups is 1. The Kier molecular flexibility index (Phi) is 5.86. The highest BCUT2D eigenvalue weighted by atomic mass is 35.5. The maximum Gasteiger partial charge on any atom is 0.236 e. The predicted octanol–water partition coefficient (Wildman–Crippen LogP) is 2.73. The van der Waals surface area contributed by atoms with Crippen molar-refractivity contribution in [3.05, 3.63) is 34.9 Å². The molecule has 0 spiro atoms. The average molecular weight is 295 g/mol.